The van der Waals surface area contributed by atoms with Gasteiger partial charge in [0.05, 0.1) is 11.3 Å². The summed E-state index contributed by atoms with van der Waals surface area (Å²) in [5.41, 5.74) is 5.32. The second kappa shape index (κ2) is 11.2. The molecule has 2 aromatic carbocycles. The van der Waals surface area contributed by atoms with Crippen LogP contribution in [0.15, 0.2) is 78.4 Å². The Morgan fingerprint density at radius 3 is 2.53 bits per heavy atom. The summed E-state index contributed by atoms with van der Waals surface area (Å²) < 4.78 is 16.9. The molecule has 1 N–H and O–H groups in total. The topological polar surface area (TPSA) is 40.5 Å². The van der Waals surface area contributed by atoms with Crippen LogP contribution in [0.5, 0.6) is 0 Å². The second-order valence-corrected chi connectivity index (χ2v) is 9.72. The summed E-state index contributed by atoms with van der Waals surface area (Å²) in [4.78, 5) is 11.4. The minimum atomic E-state index is -0.960. The van der Waals surface area contributed by atoms with Gasteiger partial charge in [0.15, 0.2) is 0 Å². The van der Waals surface area contributed by atoms with Crippen molar-refractivity contribution in [1.82, 2.24) is 0 Å². The van der Waals surface area contributed by atoms with E-state index in [0.29, 0.717) is 17.3 Å². The van der Waals surface area contributed by atoms with Crippen LogP contribution in [0.25, 0.3) is 5.57 Å². The van der Waals surface area contributed by atoms with Gasteiger partial charge in [0, 0.05) is 23.1 Å². The number of hydrogen-bond acceptors (Lipinski definition) is 2. The molecule has 0 aliphatic carbocycles. The molecule has 6 heteroatoms. The fourth-order valence-corrected chi connectivity index (χ4v) is 5.06. The van der Waals surface area contributed by atoms with Gasteiger partial charge in [0.25, 0.3) is 0 Å². The fourth-order valence-electron chi connectivity index (χ4n) is 4.62. The predicted molar refractivity (Wildman–Crippen MR) is 144 cm³/mol. The Morgan fingerprint density at radius 1 is 1.26 bits per heavy atom. The number of rotatable bonds is 9. The van der Waals surface area contributed by atoms with E-state index in [4.69, 9.17) is 11.6 Å². The summed E-state index contributed by atoms with van der Waals surface area (Å²) in [6, 6.07) is 10.6. The standard InChI is InChI=1S/C28H30ClFNO2P/c1-5-6-22(20-9-11-21(12-10-20)28(32)33)26(18(3)7-8-19(4)29)23-13-14-31(34)27-24(23)15-17(2)16-25(27)30/h7-13,15-16,22,26H,3-6,14,34H2,1-2H3,(H,32,33)/b8-7-. The van der Waals surface area contributed by atoms with Gasteiger partial charge in [-0.3, -0.25) is 0 Å². The smallest absolute Gasteiger partial charge is 0.335 e. The third kappa shape index (κ3) is 5.68. The highest BCUT2D eigenvalue weighted by Gasteiger charge is 2.32. The molecular weight excluding hydrogens is 468 g/mol. The van der Waals surface area contributed by atoms with E-state index < -0.39 is 5.97 Å². The number of fused-ring (bicyclic) bond motifs is 1. The minimum absolute atomic E-state index is 0.00678. The third-order valence-corrected chi connectivity index (χ3v) is 6.71. The Labute approximate surface area is 208 Å². The molecule has 0 saturated heterocycles. The summed E-state index contributed by atoms with van der Waals surface area (Å²) in [6.45, 7) is 12.7. The number of aryl methyl sites for hydroxylation is 1. The molecule has 3 unspecified atom stereocenters. The molecule has 0 fully saturated rings. The van der Waals surface area contributed by atoms with E-state index in [9.17, 15) is 9.90 Å². The Kier molecular flexibility index (Phi) is 8.52. The second-order valence-electron chi connectivity index (χ2n) is 8.61. The zero-order valence-electron chi connectivity index (χ0n) is 19.5. The number of aromatic carboxylic acids is 1. The number of hydrogen-bond donors (Lipinski definition) is 1. The first-order valence-corrected chi connectivity index (χ1v) is 12.1. The highest BCUT2D eigenvalue weighted by Crippen LogP contribution is 2.48. The molecule has 3 atom stereocenters. The number of carbonyl (C=O) groups is 1. The van der Waals surface area contributed by atoms with Crippen molar-refractivity contribution in [2.75, 3.05) is 11.2 Å². The van der Waals surface area contributed by atoms with E-state index in [2.05, 4.69) is 35.5 Å². The van der Waals surface area contributed by atoms with Crippen LogP contribution in [0.1, 0.15) is 52.7 Å². The van der Waals surface area contributed by atoms with Crippen LogP contribution in [-0.4, -0.2) is 17.6 Å². The maximum atomic E-state index is 15.1. The highest BCUT2D eigenvalue weighted by atomic mass is 35.5. The van der Waals surface area contributed by atoms with Crippen LogP contribution in [0.3, 0.4) is 0 Å². The van der Waals surface area contributed by atoms with Crippen molar-refractivity contribution in [2.24, 2.45) is 5.92 Å². The molecule has 2 aromatic rings. The summed E-state index contributed by atoms with van der Waals surface area (Å²) in [6.07, 6.45) is 7.47. The molecule has 34 heavy (non-hydrogen) atoms. The normalized spacial score (nSPS) is 15.0. The maximum Gasteiger partial charge on any atom is 0.335 e. The molecular formula is C28H30ClFNO2P. The van der Waals surface area contributed by atoms with E-state index in [1.807, 2.05) is 35.9 Å². The van der Waals surface area contributed by atoms with Crippen LogP contribution in [0, 0.1) is 18.7 Å². The van der Waals surface area contributed by atoms with Crippen LogP contribution >= 0.6 is 21.0 Å². The summed E-state index contributed by atoms with van der Waals surface area (Å²) in [7, 11) is 2.60. The first kappa shape index (κ1) is 25.9. The number of benzene rings is 2. The molecule has 0 bridgehead atoms. The molecule has 1 heterocycles. The Hall–Kier alpha value is -2.68. The van der Waals surface area contributed by atoms with Gasteiger partial charge >= 0.3 is 5.97 Å². The number of carboxylic acids is 1. The van der Waals surface area contributed by atoms with Crippen LogP contribution in [0.2, 0.25) is 0 Å². The lowest BCUT2D eigenvalue weighted by Gasteiger charge is -2.36. The van der Waals surface area contributed by atoms with Gasteiger partial charge in [0.2, 0.25) is 0 Å². The SMILES string of the molecule is C=C(Cl)/C=C\C(=C)C(C1=CCN(P)c2c(F)cc(C)cc21)C(CCC)c1ccc(C(=O)O)cc1. The number of anilines is 1. The minimum Gasteiger partial charge on any atom is -0.478 e. The van der Waals surface area contributed by atoms with E-state index in [-0.39, 0.29) is 23.2 Å². The van der Waals surface area contributed by atoms with Gasteiger partial charge < -0.3 is 9.78 Å². The lowest BCUT2D eigenvalue weighted by molar-refractivity contribution is 0.0697. The average Bonchev–Trinajstić information content (AvgIpc) is 2.78. The van der Waals surface area contributed by atoms with Crippen LogP contribution < -0.4 is 4.67 Å². The van der Waals surface area contributed by atoms with Gasteiger partial charge in [0.1, 0.15) is 5.82 Å². The number of carboxylic acid groups (broad SMARTS) is 1. The fraction of sp³-hybridized carbons (Fsp3) is 0.250. The molecule has 0 aromatic heterocycles. The largest absolute Gasteiger partial charge is 0.478 e. The zero-order chi connectivity index (χ0) is 25.0. The number of nitrogens with zero attached hydrogens (tertiary/aromatic N) is 1. The quantitative estimate of drug-likeness (QED) is 0.283. The van der Waals surface area contributed by atoms with Gasteiger partial charge in [-0.1, -0.05) is 62.4 Å². The van der Waals surface area contributed by atoms with Crippen molar-refractivity contribution in [3.8, 4) is 0 Å². The van der Waals surface area contributed by atoms with Crippen molar-refractivity contribution < 1.29 is 14.3 Å². The molecule has 0 saturated carbocycles. The van der Waals surface area contributed by atoms with Crippen molar-refractivity contribution in [2.45, 2.75) is 32.6 Å². The molecule has 3 nitrogen and oxygen atoms in total. The van der Waals surface area contributed by atoms with E-state index in [1.54, 1.807) is 24.3 Å². The molecule has 1 aliphatic rings. The first-order chi connectivity index (χ1) is 16.1. The predicted octanol–water partition coefficient (Wildman–Crippen LogP) is 7.89. The maximum absolute atomic E-state index is 15.1. The third-order valence-electron chi connectivity index (χ3n) is 6.11. The monoisotopic (exact) mass is 497 g/mol. The van der Waals surface area contributed by atoms with Crippen molar-refractivity contribution >= 4 is 38.2 Å². The summed E-state index contributed by atoms with van der Waals surface area (Å²) in [5, 5.41) is 9.73. The van der Waals surface area contributed by atoms with Gasteiger partial charge in [-0.05, 0) is 81.3 Å². The molecule has 3 rings (SSSR count). The molecule has 178 valence electrons. The lowest BCUT2D eigenvalue weighted by atomic mass is 9.72. The zero-order valence-corrected chi connectivity index (χ0v) is 21.4. The molecule has 0 spiro atoms. The number of halogens is 2. The van der Waals surface area contributed by atoms with Gasteiger partial charge in [-0.2, -0.15) is 0 Å². The summed E-state index contributed by atoms with van der Waals surface area (Å²) in [5.74, 6) is -1.38. The van der Waals surface area contributed by atoms with Gasteiger partial charge in [-0.15, -0.1) is 0 Å². The summed E-state index contributed by atoms with van der Waals surface area (Å²) >= 11 is 6.01. The molecule has 0 amide bonds. The first-order valence-electron chi connectivity index (χ1n) is 11.2. The van der Waals surface area contributed by atoms with E-state index in [1.165, 1.54) is 0 Å². The molecule has 0 radical (unpaired) electrons. The van der Waals surface area contributed by atoms with Crippen molar-refractivity contribution in [1.29, 1.82) is 0 Å². The van der Waals surface area contributed by atoms with Crippen molar-refractivity contribution in [3.63, 3.8) is 0 Å². The Morgan fingerprint density at radius 2 is 1.94 bits per heavy atom. The molecule has 1 aliphatic heterocycles. The average molecular weight is 498 g/mol. The van der Waals surface area contributed by atoms with E-state index >= 15 is 4.39 Å². The van der Waals surface area contributed by atoms with Gasteiger partial charge in [-0.25, -0.2) is 9.18 Å². The Bertz CT molecular complexity index is 1170. The number of allylic oxidation sites excluding steroid dienone is 5. The van der Waals surface area contributed by atoms with Crippen LogP contribution in [-0.2, 0) is 0 Å². The lowest BCUT2D eigenvalue weighted by Crippen LogP contribution is -2.24. The van der Waals surface area contributed by atoms with Crippen LogP contribution in [0.4, 0.5) is 10.1 Å². The van der Waals surface area contributed by atoms with E-state index in [0.717, 1.165) is 40.7 Å². The highest BCUT2D eigenvalue weighted by molar-refractivity contribution is 7.19. The van der Waals surface area contributed by atoms with Crippen molar-refractivity contribution in [3.05, 3.63) is 106 Å². The Balaban J connectivity index is 2.20.